The van der Waals surface area contributed by atoms with Gasteiger partial charge in [0.05, 0.1) is 6.54 Å². The second kappa shape index (κ2) is 16.3. The SMILES string of the molecule is CC(CN)C(=O)CNc1cccc(CC2CCN(CCCCCCNC(=O)c3ccc4c(c3)=CCC=CC=4)CC2)c1. The highest BCUT2D eigenvalue weighted by Crippen LogP contribution is 2.23. The Kier molecular flexibility index (Phi) is 12.2. The first-order chi connectivity index (χ1) is 20.0. The third kappa shape index (κ3) is 9.98. The maximum Gasteiger partial charge on any atom is 0.251 e. The van der Waals surface area contributed by atoms with E-state index in [2.05, 4.69) is 58.0 Å². The van der Waals surface area contributed by atoms with Gasteiger partial charge in [-0.15, -0.1) is 0 Å². The molecule has 4 N–H and O–H groups in total. The number of nitrogens with two attached hydrogens (primary N) is 1. The zero-order chi connectivity index (χ0) is 28.9. The highest BCUT2D eigenvalue weighted by atomic mass is 16.1. The van der Waals surface area contributed by atoms with E-state index in [4.69, 9.17) is 5.73 Å². The van der Waals surface area contributed by atoms with Gasteiger partial charge in [0, 0.05) is 30.3 Å². The van der Waals surface area contributed by atoms with Crippen molar-refractivity contribution in [2.45, 2.75) is 58.3 Å². The van der Waals surface area contributed by atoms with Gasteiger partial charge in [0.1, 0.15) is 0 Å². The van der Waals surface area contributed by atoms with Gasteiger partial charge >= 0.3 is 0 Å². The summed E-state index contributed by atoms with van der Waals surface area (Å²) < 4.78 is 0. The lowest BCUT2D eigenvalue weighted by atomic mass is 9.90. The molecule has 1 aliphatic heterocycles. The van der Waals surface area contributed by atoms with E-state index in [1.165, 1.54) is 56.1 Å². The van der Waals surface area contributed by atoms with E-state index in [1.54, 1.807) is 0 Å². The van der Waals surface area contributed by atoms with Crippen LogP contribution in [0.1, 0.15) is 67.8 Å². The van der Waals surface area contributed by atoms with E-state index in [1.807, 2.05) is 31.2 Å². The van der Waals surface area contributed by atoms with Crippen LogP contribution in [0.5, 0.6) is 0 Å². The number of fused-ring (bicyclic) bond motifs is 1. The predicted octanol–water partition coefficient (Wildman–Crippen LogP) is 4.03. The molecule has 1 atom stereocenters. The smallest absolute Gasteiger partial charge is 0.251 e. The van der Waals surface area contributed by atoms with Crippen LogP contribution in [0.2, 0.25) is 0 Å². The zero-order valence-corrected chi connectivity index (χ0v) is 24.7. The van der Waals surface area contributed by atoms with Crippen LogP contribution in [-0.4, -0.2) is 55.9 Å². The van der Waals surface area contributed by atoms with Gasteiger partial charge in [-0.05, 0) is 104 Å². The van der Waals surface area contributed by atoms with E-state index < -0.39 is 0 Å². The van der Waals surface area contributed by atoms with Gasteiger partial charge in [-0.2, -0.15) is 0 Å². The highest BCUT2D eigenvalue weighted by Gasteiger charge is 2.19. The van der Waals surface area contributed by atoms with Gasteiger partial charge < -0.3 is 21.3 Å². The summed E-state index contributed by atoms with van der Waals surface area (Å²) >= 11 is 0. The summed E-state index contributed by atoms with van der Waals surface area (Å²) in [5.74, 6) is 0.798. The molecule has 0 spiro atoms. The fourth-order valence-electron chi connectivity index (χ4n) is 5.66. The molecule has 1 fully saturated rings. The van der Waals surface area contributed by atoms with E-state index in [-0.39, 0.29) is 17.6 Å². The fourth-order valence-corrected chi connectivity index (χ4v) is 5.66. The lowest BCUT2D eigenvalue weighted by Crippen LogP contribution is -2.35. The molecular weight excluding hydrogens is 508 g/mol. The van der Waals surface area contributed by atoms with Crippen LogP contribution in [0.4, 0.5) is 5.69 Å². The fraction of sp³-hybridized carbons (Fsp3) is 0.486. The van der Waals surface area contributed by atoms with Gasteiger partial charge in [0.25, 0.3) is 5.91 Å². The standard InChI is InChI=1S/C35H48N4O2/c1-27(25-36)34(40)26-38-33-13-9-10-29(23-33)22-28-16-20-39(21-17-28)19-8-3-2-7-18-37-35(41)32-15-14-30-11-5-4-6-12-31(30)24-32/h4-5,9-15,23-24,27-28,38H,2-3,6-8,16-22,25-26,36H2,1H3,(H,37,41). The molecule has 4 rings (SSSR count). The quantitative estimate of drug-likeness (QED) is 0.289. The number of rotatable bonds is 15. The van der Waals surface area contributed by atoms with Crippen molar-refractivity contribution in [1.82, 2.24) is 10.2 Å². The molecule has 2 aromatic carbocycles. The molecule has 6 nitrogen and oxygen atoms in total. The minimum absolute atomic E-state index is 0.0245. The Bertz CT molecular complexity index is 1290. The highest BCUT2D eigenvalue weighted by molar-refractivity contribution is 5.94. The maximum atomic E-state index is 12.6. The lowest BCUT2D eigenvalue weighted by Gasteiger charge is -2.32. The van der Waals surface area contributed by atoms with E-state index in [0.717, 1.165) is 54.6 Å². The Morgan fingerprint density at radius 2 is 1.85 bits per heavy atom. The molecular formula is C35H48N4O2. The number of hydrogen-bond acceptors (Lipinski definition) is 5. The molecule has 0 aromatic heterocycles. The van der Waals surface area contributed by atoms with Gasteiger partial charge in [0.15, 0.2) is 5.78 Å². The number of allylic oxidation sites excluding steroid dienone is 2. The molecule has 41 heavy (non-hydrogen) atoms. The first-order valence-electron chi connectivity index (χ1n) is 15.5. The molecule has 2 aromatic rings. The number of amides is 1. The molecule has 1 unspecified atom stereocenters. The maximum absolute atomic E-state index is 12.6. The first-order valence-corrected chi connectivity index (χ1v) is 15.5. The minimum atomic E-state index is -0.102. The largest absolute Gasteiger partial charge is 0.378 e. The van der Waals surface area contributed by atoms with Crippen molar-refractivity contribution in [2.75, 3.05) is 44.6 Å². The number of hydrogen-bond donors (Lipinski definition) is 3. The summed E-state index contributed by atoms with van der Waals surface area (Å²) in [6.07, 6.45) is 17.6. The average molecular weight is 557 g/mol. The Labute approximate surface area is 245 Å². The van der Waals surface area contributed by atoms with Crippen LogP contribution in [0.25, 0.3) is 12.2 Å². The van der Waals surface area contributed by atoms with Crippen molar-refractivity contribution in [2.24, 2.45) is 17.6 Å². The van der Waals surface area contributed by atoms with E-state index in [9.17, 15) is 9.59 Å². The monoisotopic (exact) mass is 556 g/mol. The van der Waals surface area contributed by atoms with Crippen molar-refractivity contribution >= 4 is 29.5 Å². The average Bonchev–Trinajstić information content (AvgIpc) is 3.25. The first kappa shape index (κ1) is 30.7. The second-order valence-electron chi connectivity index (χ2n) is 11.7. The van der Waals surface area contributed by atoms with Crippen LogP contribution < -0.4 is 26.8 Å². The van der Waals surface area contributed by atoms with E-state index in [0.29, 0.717) is 13.1 Å². The summed E-state index contributed by atoms with van der Waals surface area (Å²) in [5, 5.41) is 8.67. The lowest BCUT2D eigenvalue weighted by molar-refractivity contribution is -0.120. The topological polar surface area (TPSA) is 87.5 Å². The van der Waals surface area contributed by atoms with Crippen molar-refractivity contribution in [3.05, 3.63) is 76.2 Å². The summed E-state index contributed by atoms with van der Waals surface area (Å²) in [5.41, 5.74) is 8.71. The summed E-state index contributed by atoms with van der Waals surface area (Å²) in [7, 11) is 0. The van der Waals surface area contributed by atoms with Gasteiger partial charge in [-0.25, -0.2) is 0 Å². The number of Topliss-reactive ketones (excluding diaryl/α,β-unsaturated/α-hetero) is 1. The van der Waals surface area contributed by atoms with Crippen LogP contribution >= 0.6 is 0 Å². The molecule has 0 bridgehead atoms. The van der Waals surface area contributed by atoms with Gasteiger partial charge in [-0.3, -0.25) is 9.59 Å². The second-order valence-corrected chi connectivity index (χ2v) is 11.7. The number of unbranched alkanes of at least 4 members (excludes halogenated alkanes) is 3. The number of nitrogens with one attached hydrogen (secondary N) is 2. The molecule has 0 radical (unpaired) electrons. The summed E-state index contributed by atoms with van der Waals surface area (Å²) in [6, 6.07) is 14.5. The molecule has 0 saturated carbocycles. The molecule has 1 aliphatic carbocycles. The zero-order valence-electron chi connectivity index (χ0n) is 24.7. The van der Waals surface area contributed by atoms with Gasteiger partial charge in [0.2, 0.25) is 0 Å². The van der Waals surface area contributed by atoms with Crippen LogP contribution in [0.15, 0.2) is 54.6 Å². The number of likely N-dealkylation sites (tertiary alicyclic amines) is 1. The number of carbonyl (C=O) groups is 2. The summed E-state index contributed by atoms with van der Waals surface area (Å²) in [6.45, 7) is 6.87. The van der Waals surface area contributed by atoms with Crippen molar-refractivity contribution in [3.8, 4) is 0 Å². The number of anilines is 1. The summed E-state index contributed by atoms with van der Waals surface area (Å²) in [4.78, 5) is 27.3. The number of piperidine rings is 1. The van der Waals surface area contributed by atoms with Crippen LogP contribution in [0.3, 0.4) is 0 Å². The van der Waals surface area contributed by atoms with E-state index >= 15 is 0 Å². The third-order valence-corrected chi connectivity index (χ3v) is 8.45. The van der Waals surface area contributed by atoms with Gasteiger partial charge in [-0.1, -0.05) is 62.3 Å². The van der Waals surface area contributed by atoms with Crippen LogP contribution in [-0.2, 0) is 11.2 Å². The van der Waals surface area contributed by atoms with Crippen molar-refractivity contribution in [3.63, 3.8) is 0 Å². The molecule has 220 valence electrons. The Morgan fingerprint density at radius 3 is 2.68 bits per heavy atom. The molecule has 1 amide bonds. The number of ketones is 1. The van der Waals surface area contributed by atoms with Crippen molar-refractivity contribution in [1.29, 1.82) is 0 Å². The number of benzene rings is 2. The molecule has 6 heteroatoms. The number of nitrogens with zero attached hydrogens (tertiary/aromatic N) is 1. The molecule has 1 saturated heterocycles. The number of carbonyl (C=O) groups excluding carboxylic acids is 2. The third-order valence-electron chi connectivity index (χ3n) is 8.45. The van der Waals surface area contributed by atoms with Crippen LogP contribution in [0, 0.1) is 11.8 Å². The molecule has 2 aliphatic rings. The Morgan fingerprint density at radius 1 is 1.02 bits per heavy atom. The Balaban J connectivity index is 1.06. The Hall–Kier alpha value is -3.22. The van der Waals surface area contributed by atoms with Crippen molar-refractivity contribution < 1.29 is 9.59 Å². The predicted molar refractivity (Wildman–Crippen MR) is 170 cm³/mol. The normalized spacial score (nSPS) is 16.1. The minimum Gasteiger partial charge on any atom is -0.378 e. The molecule has 1 heterocycles.